The number of hydrogen-bond acceptors (Lipinski definition) is 3. The van der Waals surface area contributed by atoms with Crippen molar-refractivity contribution < 1.29 is 9.59 Å². The third-order valence-corrected chi connectivity index (χ3v) is 5.85. The molecule has 0 saturated carbocycles. The van der Waals surface area contributed by atoms with E-state index in [0.29, 0.717) is 38.3 Å². The number of likely N-dealkylation sites (tertiary alicyclic amines) is 1. The summed E-state index contributed by atoms with van der Waals surface area (Å²) in [7, 11) is 0. The number of amides is 2. The van der Waals surface area contributed by atoms with E-state index in [9.17, 15) is 9.59 Å². The molecule has 4 nitrogen and oxygen atoms in total. The number of nitrogens with zero attached hydrogens (tertiary/aromatic N) is 1. The molecule has 2 amide bonds. The van der Waals surface area contributed by atoms with Gasteiger partial charge < -0.3 is 10.6 Å². The minimum atomic E-state index is -0.656. The van der Waals surface area contributed by atoms with Gasteiger partial charge in [-0.3, -0.25) is 9.59 Å². The highest BCUT2D eigenvalue weighted by atomic mass is 32.1. The minimum absolute atomic E-state index is 0.121. The van der Waals surface area contributed by atoms with Gasteiger partial charge in [-0.25, -0.2) is 0 Å². The van der Waals surface area contributed by atoms with Crippen LogP contribution >= 0.6 is 11.3 Å². The Hall–Kier alpha value is -2.14. The van der Waals surface area contributed by atoms with Gasteiger partial charge in [-0.1, -0.05) is 38.1 Å². The summed E-state index contributed by atoms with van der Waals surface area (Å²) in [5.74, 6) is 0.130. The third-order valence-electron chi connectivity index (χ3n) is 5.16. The number of rotatable bonds is 6. The monoisotopic (exact) mass is 370 g/mol. The fourth-order valence-corrected chi connectivity index (χ4v) is 4.30. The van der Waals surface area contributed by atoms with Crippen LogP contribution in [0.15, 0.2) is 41.1 Å². The molecular weight excluding hydrogens is 344 g/mol. The average molecular weight is 371 g/mol. The molecular formula is C21H26N2O2S. The Morgan fingerprint density at radius 1 is 1.19 bits per heavy atom. The Morgan fingerprint density at radius 2 is 1.92 bits per heavy atom. The van der Waals surface area contributed by atoms with Crippen molar-refractivity contribution in [3.8, 4) is 11.1 Å². The van der Waals surface area contributed by atoms with Crippen LogP contribution in [0.3, 0.4) is 0 Å². The zero-order valence-corrected chi connectivity index (χ0v) is 16.2. The summed E-state index contributed by atoms with van der Waals surface area (Å²) in [5.41, 5.74) is 8.58. The molecule has 1 saturated heterocycles. The van der Waals surface area contributed by atoms with Crippen molar-refractivity contribution in [2.24, 2.45) is 17.1 Å². The molecule has 0 aliphatic carbocycles. The van der Waals surface area contributed by atoms with Gasteiger partial charge in [0.25, 0.3) is 0 Å². The molecule has 1 unspecified atom stereocenters. The average Bonchev–Trinajstić information content (AvgIpc) is 3.25. The van der Waals surface area contributed by atoms with E-state index in [1.807, 2.05) is 18.7 Å². The number of carbonyl (C=O) groups excluding carboxylic acids is 2. The van der Waals surface area contributed by atoms with Crippen LogP contribution in [0.1, 0.15) is 32.3 Å². The van der Waals surface area contributed by atoms with E-state index in [-0.39, 0.29) is 11.8 Å². The SMILES string of the molecule is CC(C)CC(=O)N1CCC(Cc2ccc(-c3ccsc3)cc2)(C(N)=O)C1. The van der Waals surface area contributed by atoms with E-state index >= 15 is 0 Å². The van der Waals surface area contributed by atoms with Gasteiger partial charge in [0, 0.05) is 19.5 Å². The van der Waals surface area contributed by atoms with E-state index in [4.69, 9.17) is 5.73 Å². The summed E-state index contributed by atoms with van der Waals surface area (Å²) in [6.07, 6.45) is 1.74. The van der Waals surface area contributed by atoms with Crippen molar-refractivity contribution in [1.82, 2.24) is 4.90 Å². The second-order valence-corrected chi connectivity index (χ2v) is 8.47. The van der Waals surface area contributed by atoms with Crippen molar-refractivity contribution in [3.05, 3.63) is 46.7 Å². The van der Waals surface area contributed by atoms with Gasteiger partial charge in [-0.05, 0) is 52.3 Å². The first-order chi connectivity index (χ1) is 12.4. The highest BCUT2D eigenvalue weighted by Gasteiger charge is 2.44. The van der Waals surface area contributed by atoms with Crippen LogP contribution in [-0.4, -0.2) is 29.8 Å². The van der Waals surface area contributed by atoms with Crippen molar-refractivity contribution in [3.63, 3.8) is 0 Å². The topological polar surface area (TPSA) is 63.4 Å². The molecule has 1 aromatic heterocycles. The first kappa shape index (κ1) is 18.6. The Labute approximate surface area is 159 Å². The maximum absolute atomic E-state index is 12.4. The van der Waals surface area contributed by atoms with Crippen LogP contribution in [0.5, 0.6) is 0 Å². The number of hydrogen-bond donors (Lipinski definition) is 1. The van der Waals surface area contributed by atoms with E-state index in [1.54, 1.807) is 11.3 Å². The molecule has 1 atom stereocenters. The Bertz CT molecular complexity index is 768. The van der Waals surface area contributed by atoms with Crippen LogP contribution in [0, 0.1) is 11.3 Å². The molecule has 5 heteroatoms. The number of benzene rings is 1. The van der Waals surface area contributed by atoms with Crippen LogP contribution in [0.25, 0.3) is 11.1 Å². The summed E-state index contributed by atoms with van der Waals surface area (Å²) >= 11 is 1.68. The van der Waals surface area contributed by atoms with Crippen LogP contribution < -0.4 is 5.73 Å². The molecule has 0 spiro atoms. The van der Waals surface area contributed by atoms with Crippen molar-refractivity contribution in [2.75, 3.05) is 13.1 Å². The highest BCUT2D eigenvalue weighted by molar-refractivity contribution is 7.08. The predicted molar refractivity (Wildman–Crippen MR) is 106 cm³/mol. The highest BCUT2D eigenvalue weighted by Crippen LogP contribution is 2.35. The van der Waals surface area contributed by atoms with E-state index in [1.165, 1.54) is 11.1 Å². The van der Waals surface area contributed by atoms with Crippen LogP contribution in [-0.2, 0) is 16.0 Å². The molecule has 1 aliphatic rings. The Morgan fingerprint density at radius 3 is 2.50 bits per heavy atom. The quantitative estimate of drug-likeness (QED) is 0.842. The van der Waals surface area contributed by atoms with Gasteiger partial charge in [0.1, 0.15) is 0 Å². The summed E-state index contributed by atoms with van der Waals surface area (Å²) in [5, 5.41) is 4.18. The van der Waals surface area contributed by atoms with Crippen molar-refractivity contribution >= 4 is 23.2 Å². The first-order valence-electron chi connectivity index (χ1n) is 9.09. The van der Waals surface area contributed by atoms with E-state index in [2.05, 4.69) is 41.1 Å². The van der Waals surface area contributed by atoms with Gasteiger partial charge in [0.15, 0.2) is 0 Å². The third kappa shape index (κ3) is 3.98. The minimum Gasteiger partial charge on any atom is -0.369 e. The maximum atomic E-state index is 12.4. The molecule has 138 valence electrons. The summed E-state index contributed by atoms with van der Waals surface area (Å²) in [4.78, 5) is 26.4. The van der Waals surface area contributed by atoms with E-state index < -0.39 is 5.41 Å². The molecule has 1 aromatic carbocycles. The lowest BCUT2D eigenvalue weighted by Crippen LogP contribution is -2.42. The molecule has 1 fully saturated rings. The lowest BCUT2D eigenvalue weighted by atomic mass is 9.80. The van der Waals surface area contributed by atoms with Crippen LogP contribution in [0.4, 0.5) is 0 Å². The van der Waals surface area contributed by atoms with Gasteiger partial charge in [0.05, 0.1) is 5.41 Å². The zero-order chi connectivity index (χ0) is 18.7. The van der Waals surface area contributed by atoms with Gasteiger partial charge in [-0.15, -0.1) is 0 Å². The fourth-order valence-electron chi connectivity index (χ4n) is 3.63. The molecule has 1 aliphatic heterocycles. The first-order valence-corrected chi connectivity index (χ1v) is 10.0. The fraction of sp³-hybridized carbons (Fsp3) is 0.429. The molecule has 3 rings (SSSR count). The second kappa shape index (κ2) is 7.62. The van der Waals surface area contributed by atoms with Crippen LogP contribution in [0.2, 0.25) is 0 Å². The number of carbonyl (C=O) groups is 2. The zero-order valence-electron chi connectivity index (χ0n) is 15.4. The standard InChI is InChI=1S/C21H26N2O2S/c1-15(2)11-19(24)23-9-8-21(14-23,20(22)25)12-16-3-5-17(6-4-16)18-7-10-26-13-18/h3-7,10,13,15H,8-9,11-12,14H2,1-2H3,(H2,22,25). The van der Waals surface area contributed by atoms with Gasteiger partial charge in [0.2, 0.25) is 11.8 Å². The number of nitrogens with two attached hydrogens (primary N) is 1. The lowest BCUT2D eigenvalue weighted by Gasteiger charge is -2.26. The summed E-state index contributed by atoms with van der Waals surface area (Å²) < 4.78 is 0. The summed E-state index contributed by atoms with van der Waals surface area (Å²) in [6, 6.07) is 10.4. The van der Waals surface area contributed by atoms with Gasteiger partial charge in [-0.2, -0.15) is 11.3 Å². The number of thiophene rings is 1. The molecule has 2 heterocycles. The van der Waals surface area contributed by atoms with Crippen molar-refractivity contribution in [1.29, 1.82) is 0 Å². The smallest absolute Gasteiger partial charge is 0.225 e. The van der Waals surface area contributed by atoms with Crippen molar-refractivity contribution in [2.45, 2.75) is 33.1 Å². The second-order valence-electron chi connectivity index (χ2n) is 7.69. The molecule has 0 bridgehead atoms. The largest absolute Gasteiger partial charge is 0.369 e. The number of primary amides is 1. The lowest BCUT2D eigenvalue weighted by molar-refractivity contribution is -0.132. The Kier molecular flexibility index (Phi) is 5.47. The van der Waals surface area contributed by atoms with E-state index in [0.717, 1.165) is 5.56 Å². The maximum Gasteiger partial charge on any atom is 0.225 e. The molecule has 2 N–H and O–H groups in total. The molecule has 2 aromatic rings. The van der Waals surface area contributed by atoms with Gasteiger partial charge >= 0.3 is 0 Å². The normalized spacial score (nSPS) is 19.9. The molecule has 0 radical (unpaired) electrons. The predicted octanol–water partition coefficient (Wildman–Crippen LogP) is 3.71. The summed E-state index contributed by atoms with van der Waals surface area (Å²) in [6.45, 7) is 5.11. The molecule has 26 heavy (non-hydrogen) atoms. The Balaban J connectivity index is 1.73.